The lowest BCUT2D eigenvalue weighted by molar-refractivity contribution is -0.145. The maximum atomic E-state index is 14.9. The number of nitrogens with zero attached hydrogens (tertiary/aromatic N) is 3. The summed E-state index contributed by atoms with van der Waals surface area (Å²) in [4.78, 5) is 45.8. The molecule has 0 saturated carbocycles. The van der Waals surface area contributed by atoms with Gasteiger partial charge in [0.05, 0.1) is 42.0 Å². The Morgan fingerprint density at radius 1 is 0.844 bits per heavy atom. The molecular weight excluding hydrogens is 562 g/mol. The number of amides is 2. The van der Waals surface area contributed by atoms with Crippen LogP contribution in [0, 0.1) is 23.2 Å². The lowest BCUT2D eigenvalue weighted by Crippen LogP contribution is -2.46. The average molecular weight is 596 g/mol. The van der Waals surface area contributed by atoms with Crippen LogP contribution in [-0.2, 0) is 14.3 Å². The Hall–Kier alpha value is -5.66. The highest BCUT2D eigenvalue weighted by Gasteiger charge is 2.45. The van der Waals surface area contributed by atoms with E-state index in [9.17, 15) is 19.6 Å². The molecule has 0 aromatic heterocycles. The molecule has 0 bridgehead atoms. The van der Waals surface area contributed by atoms with Crippen molar-refractivity contribution in [1.29, 1.82) is 5.26 Å². The second-order valence-electron chi connectivity index (χ2n) is 10.9. The molecule has 0 N–H and O–H groups in total. The third kappa shape index (κ3) is 6.64. The van der Waals surface area contributed by atoms with Gasteiger partial charge < -0.3 is 14.5 Å². The quantitative estimate of drug-likeness (QED) is 0.178. The number of esters is 1. The van der Waals surface area contributed by atoms with E-state index in [1.807, 2.05) is 80.6 Å². The molecule has 1 aliphatic heterocycles. The molecule has 45 heavy (non-hydrogen) atoms. The molecule has 2 unspecified atom stereocenters. The van der Waals surface area contributed by atoms with Crippen LogP contribution >= 0.6 is 0 Å². The number of anilines is 1. The summed E-state index contributed by atoms with van der Waals surface area (Å²) in [5.74, 6) is 5.05. The fraction of sp³-hybridized carbons (Fsp3) is 0.211. The summed E-state index contributed by atoms with van der Waals surface area (Å²) in [5.41, 5.74) is 3.86. The topological polar surface area (TPSA) is 90.7 Å². The van der Waals surface area contributed by atoms with Gasteiger partial charge in [0.1, 0.15) is 6.04 Å². The predicted octanol–water partition coefficient (Wildman–Crippen LogP) is 6.59. The van der Waals surface area contributed by atoms with E-state index < -0.39 is 24.0 Å². The van der Waals surface area contributed by atoms with Crippen LogP contribution in [0.1, 0.15) is 77.5 Å². The van der Waals surface area contributed by atoms with Crippen LogP contribution in [0.2, 0.25) is 0 Å². The van der Waals surface area contributed by atoms with Crippen LogP contribution in [0.15, 0.2) is 103 Å². The second kappa shape index (κ2) is 13.8. The van der Waals surface area contributed by atoms with E-state index in [2.05, 4.69) is 17.9 Å². The lowest BCUT2D eigenvalue weighted by Gasteiger charge is -2.37. The molecule has 1 aliphatic rings. The van der Waals surface area contributed by atoms with Crippen LogP contribution in [0.25, 0.3) is 0 Å². The number of ether oxygens (including phenoxy) is 1. The molecule has 7 heteroatoms. The predicted molar refractivity (Wildman–Crippen MR) is 172 cm³/mol. The minimum atomic E-state index is -1.02. The van der Waals surface area contributed by atoms with Gasteiger partial charge in [-0.05, 0) is 68.3 Å². The molecule has 0 fully saturated rings. The Labute approximate surface area is 263 Å². The zero-order valence-electron chi connectivity index (χ0n) is 25.4. The third-order valence-corrected chi connectivity index (χ3v) is 7.63. The summed E-state index contributed by atoms with van der Waals surface area (Å²) in [6, 6.07) is 30.7. The third-order valence-electron chi connectivity index (χ3n) is 7.63. The van der Waals surface area contributed by atoms with Crippen molar-refractivity contribution in [2.45, 2.75) is 45.3 Å². The van der Waals surface area contributed by atoms with Gasteiger partial charge in [0.2, 0.25) is 0 Å². The first-order valence-electron chi connectivity index (χ1n) is 14.9. The molecule has 2 atom stereocenters. The zero-order chi connectivity index (χ0) is 31.9. The summed E-state index contributed by atoms with van der Waals surface area (Å²) in [6.07, 6.45) is -0.133. The van der Waals surface area contributed by atoms with Crippen molar-refractivity contribution in [2.75, 3.05) is 11.5 Å². The Morgan fingerprint density at radius 3 is 2.13 bits per heavy atom. The lowest BCUT2D eigenvalue weighted by atomic mass is 9.95. The fourth-order valence-corrected chi connectivity index (χ4v) is 5.65. The number of rotatable bonds is 7. The molecule has 2 amide bonds. The molecular formula is C38H33N3O4. The van der Waals surface area contributed by atoms with Gasteiger partial charge in [-0.3, -0.25) is 14.4 Å². The molecule has 224 valence electrons. The van der Waals surface area contributed by atoms with Gasteiger partial charge in [-0.25, -0.2) is 0 Å². The van der Waals surface area contributed by atoms with E-state index in [-0.39, 0.29) is 25.0 Å². The van der Waals surface area contributed by atoms with Gasteiger partial charge in [0, 0.05) is 17.2 Å². The standard InChI is InChI=1S/C38H33N3O4/c1-4-45-35(42)24-34(30-14-7-5-8-15-30)41-36(31-16-9-6-10-17-31)38(44)40(26(2)3)33-21-20-28(23-32(33)37(41)43)19-18-27-12-11-13-29(22-27)25-39/h5-17,20-23,26,34,36H,4,24H2,1-3H3. The van der Waals surface area contributed by atoms with Crippen LogP contribution in [0.4, 0.5) is 5.69 Å². The molecule has 4 aromatic rings. The van der Waals surface area contributed by atoms with E-state index in [1.54, 1.807) is 53.1 Å². The van der Waals surface area contributed by atoms with E-state index in [0.717, 1.165) is 0 Å². The Balaban J connectivity index is 1.72. The van der Waals surface area contributed by atoms with Gasteiger partial charge in [-0.15, -0.1) is 0 Å². The zero-order valence-corrected chi connectivity index (χ0v) is 25.4. The van der Waals surface area contributed by atoms with Crippen molar-refractivity contribution in [3.05, 3.63) is 137 Å². The van der Waals surface area contributed by atoms with Gasteiger partial charge in [0.25, 0.3) is 11.8 Å². The number of fused-ring (bicyclic) bond motifs is 1. The maximum absolute atomic E-state index is 14.9. The van der Waals surface area contributed by atoms with Gasteiger partial charge in [-0.1, -0.05) is 78.6 Å². The number of benzene rings is 4. The van der Waals surface area contributed by atoms with Crippen molar-refractivity contribution >= 4 is 23.5 Å². The summed E-state index contributed by atoms with van der Waals surface area (Å²) in [6.45, 7) is 5.75. The number of nitriles is 1. The van der Waals surface area contributed by atoms with Crippen LogP contribution < -0.4 is 4.90 Å². The Morgan fingerprint density at radius 2 is 1.49 bits per heavy atom. The van der Waals surface area contributed by atoms with Crippen LogP contribution in [0.3, 0.4) is 0 Å². The number of carbonyl (C=O) groups excluding carboxylic acids is 3. The smallest absolute Gasteiger partial charge is 0.308 e. The normalized spacial score (nSPS) is 15.0. The van der Waals surface area contributed by atoms with Crippen molar-refractivity contribution in [2.24, 2.45) is 0 Å². The van der Waals surface area contributed by atoms with Crippen molar-refractivity contribution in [1.82, 2.24) is 4.90 Å². The van der Waals surface area contributed by atoms with E-state index in [1.165, 1.54) is 0 Å². The summed E-state index contributed by atoms with van der Waals surface area (Å²) >= 11 is 0. The van der Waals surface area contributed by atoms with E-state index in [0.29, 0.717) is 39.1 Å². The van der Waals surface area contributed by atoms with Crippen molar-refractivity contribution in [3.8, 4) is 17.9 Å². The minimum Gasteiger partial charge on any atom is -0.466 e. The van der Waals surface area contributed by atoms with Gasteiger partial charge >= 0.3 is 5.97 Å². The molecule has 7 nitrogen and oxygen atoms in total. The summed E-state index contributed by atoms with van der Waals surface area (Å²) in [5, 5.41) is 9.27. The molecule has 4 aromatic carbocycles. The van der Waals surface area contributed by atoms with Crippen LogP contribution in [0.5, 0.6) is 0 Å². The number of carbonyl (C=O) groups is 3. The summed E-state index contributed by atoms with van der Waals surface area (Å²) in [7, 11) is 0. The highest BCUT2D eigenvalue weighted by Crippen LogP contribution is 2.42. The number of hydrogen-bond acceptors (Lipinski definition) is 5. The van der Waals surface area contributed by atoms with Crippen molar-refractivity contribution in [3.63, 3.8) is 0 Å². The number of hydrogen-bond donors (Lipinski definition) is 0. The monoisotopic (exact) mass is 595 g/mol. The van der Waals surface area contributed by atoms with Crippen LogP contribution in [-0.4, -0.2) is 35.3 Å². The van der Waals surface area contributed by atoms with E-state index in [4.69, 9.17) is 4.74 Å². The SMILES string of the molecule is CCOC(=O)CC(c1ccccc1)N1C(=O)c2cc(C#Cc3cccc(C#N)c3)ccc2N(C(C)C)C(=O)C1c1ccccc1. The first-order valence-corrected chi connectivity index (χ1v) is 14.9. The highest BCUT2D eigenvalue weighted by molar-refractivity contribution is 6.12. The average Bonchev–Trinajstić information content (AvgIpc) is 3.15. The first-order chi connectivity index (χ1) is 21.8. The van der Waals surface area contributed by atoms with Crippen molar-refractivity contribution < 1.29 is 19.1 Å². The van der Waals surface area contributed by atoms with E-state index >= 15 is 0 Å². The summed E-state index contributed by atoms with van der Waals surface area (Å²) < 4.78 is 5.35. The largest absolute Gasteiger partial charge is 0.466 e. The highest BCUT2D eigenvalue weighted by atomic mass is 16.5. The molecule has 5 rings (SSSR count). The molecule has 0 saturated heterocycles. The molecule has 0 spiro atoms. The second-order valence-corrected chi connectivity index (χ2v) is 10.9. The molecule has 1 heterocycles. The minimum absolute atomic E-state index is 0.133. The fourth-order valence-electron chi connectivity index (χ4n) is 5.65. The van der Waals surface area contributed by atoms with Gasteiger partial charge in [-0.2, -0.15) is 5.26 Å². The maximum Gasteiger partial charge on any atom is 0.308 e. The first kappa shape index (κ1) is 30.8. The Kier molecular flexibility index (Phi) is 9.41. The molecule has 0 aliphatic carbocycles. The Bertz CT molecular complexity index is 1820. The molecule has 0 radical (unpaired) electrons. The van der Waals surface area contributed by atoms with Gasteiger partial charge in [0.15, 0.2) is 0 Å².